The highest BCUT2D eigenvalue weighted by Crippen LogP contribution is 2.23. The zero-order valence-corrected chi connectivity index (χ0v) is 13.2. The highest BCUT2D eigenvalue weighted by Gasteiger charge is 2.32. The van der Waals surface area contributed by atoms with Gasteiger partial charge in [0.25, 0.3) is 11.9 Å². The second-order valence-electron chi connectivity index (χ2n) is 5.11. The molecule has 0 saturated carbocycles. The van der Waals surface area contributed by atoms with Crippen LogP contribution in [0.3, 0.4) is 0 Å². The maximum Gasteiger partial charge on any atom is 0.300 e. The number of benzene rings is 1. The summed E-state index contributed by atoms with van der Waals surface area (Å²) in [5.74, 6) is 0.168. The number of carbonyl (C=O) groups is 1. The number of aryl methyl sites for hydroxylation is 1. The number of hydrogen-bond donors (Lipinski definition) is 0. The first-order valence-electron chi connectivity index (χ1n) is 6.94. The SMILES string of the molecule is CCN1C(=O)/C(=C\c2ccc(N(C)C)c(C)c2)O/C1=N/C. The molecule has 21 heavy (non-hydrogen) atoms. The van der Waals surface area contributed by atoms with Crippen molar-refractivity contribution in [3.8, 4) is 0 Å². The van der Waals surface area contributed by atoms with Crippen molar-refractivity contribution >= 4 is 23.7 Å². The quantitative estimate of drug-likeness (QED) is 0.801. The first kappa shape index (κ1) is 15.1. The molecule has 1 aromatic rings. The molecule has 0 radical (unpaired) electrons. The second kappa shape index (κ2) is 5.99. The zero-order valence-electron chi connectivity index (χ0n) is 13.2. The largest absolute Gasteiger partial charge is 0.420 e. The van der Waals surface area contributed by atoms with Crippen LogP contribution in [0.15, 0.2) is 29.0 Å². The van der Waals surface area contributed by atoms with Gasteiger partial charge in [0.15, 0.2) is 5.76 Å². The van der Waals surface area contributed by atoms with E-state index in [1.807, 2.05) is 46.1 Å². The van der Waals surface area contributed by atoms with E-state index in [-0.39, 0.29) is 5.91 Å². The minimum Gasteiger partial charge on any atom is -0.420 e. The smallest absolute Gasteiger partial charge is 0.300 e. The minimum absolute atomic E-state index is 0.146. The Morgan fingerprint density at radius 1 is 1.38 bits per heavy atom. The molecule has 1 fully saturated rings. The summed E-state index contributed by atoms with van der Waals surface area (Å²) in [5.41, 5.74) is 3.24. The molecule has 1 aromatic carbocycles. The van der Waals surface area contributed by atoms with Crippen LogP contribution in [0.2, 0.25) is 0 Å². The molecule has 5 nitrogen and oxygen atoms in total. The van der Waals surface area contributed by atoms with E-state index in [1.54, 1.807) is 13.1 Å². The number of amidine groups is 1. The van der Waals surface area contributed by atoms with Crippen LogP contribution in [0.1, 0.15) is 18.1 Å². The Bertz CT molecular complexity index is 618. The van der Waals surface area contributed by atoms with Gasteiger partial charge in [-0.3, -0.25) is 9.69 Å². The zero-order chi connectivity index (χ0) is 15.6. The molecule has 0 unspecified atom stereocenters. The Balaban J connectivity index is 2.33. The summed E-state index contributed by atoms with van der Waals surface area (Å²) in [5, 5.41) is 0. The fourth-order valence-electron chi connectivity index (χ4n) is 2.37. The lowest BCUT2D eigenvalue weighted by molar-refractivity contribution is -0.122. The molecule has 1 saturated heterocycles. The van der Waals surface area contributed by atoms with Crippen LogP contribution in [0.25, 0.3) is 6.08 Å². The van der Waals surface area contributed by atoms with Gasteiger partial charge >= 0.3 is 0 Å². The molecular formula is C16H21N3O2. The fourth-order valence-corrected chi connectivity index (χ4v) is 2.37. The number of rotatable bonds is 3. The van der Waals surface area contributed by atoms with Gasteiger partial charge < -0.3 is 9.64 Å². The third-order valence-corrected chi connectivity index (χ3v) is 3.40. The van der Waals surface area contributed by atoms with E-state index in [9.17, 15) is 4.79 Å². The summed E-state index contributed by atoms with van der Waals surface area (Å²) in [7, 11) is 5.63. The van der Waals surface area contributed by atoms with Crippen LogP contribution in [-0.2, 0) is 9.53 Å². The van der Waals surface area contributed by atoms with Crippen molar-refractivity contribution in [3.63, 3.8) is 0 Å². The Labute approximate surface area is 125 Å². The number of aliphatic imine (C=N–C) groups is 1. The molecule has 5 heteroatoms. The summed E-state index contributed by atoms with van der Waals surface area (Å²) in [6, 6.07) is 6.41. The van der Waals surface area contributed by atoms with Crippen LogP contribution in [-0.4, -0.2) is 44.5 Å². The Morgan fingerprint density at radius 3 is 2.57 bits per heavy atom. The highest BCUT2D eigenvalue weighted by atomic mass is 16.5. The van der Waals surface area contributed by atoms with Crippen LogP contribution < -0.4 is 4.90 Å². The maximum atomic E-state index is 12.2. The molecule has 1 amide bonds. The third-order valence-electron chi connectivity index (χ3n) is 3.40. The molecule has 0 N–H and O–H groups in total. The van der Waals surface area contributed by atoms with Gasteiger partial charge in [-0.15, -0.1) is 0 Å². The maximum absolute atomic E-state index is 12.2. The molecule has 1 aliphatic heterocycles. The van der Waals surface area contributed by atoms with Crippen molar-refractivity contribution in [2.24, 2.45) is 4.99 Å². The topological polar surface area (TPSA) is 45.1 Å². The van der Waals surface area contributed by atoms with Crippen LogP contribution >= 0.6 is 0 Å². The van der Waals surface area contributed by atoms with Gasteiger partial charge in [-0.05, 0) is 43.2 Å². The van der Waals surface area contributed by atoms with Crippen molar-refractivity contribution < 1.29 is 9.53 Å². The fraction of sp³-hybridized carbons (Fsp3) is 0.375. The number of likely N-dealkylation sites (N-methyl/N-ethyl adjacent to an activating group) is 1. The monoisotopic (exact) mass is 287 g/mol. The van der Waals surface area contributed by atoms with Crippen molar-refractivity contribution in [2.45, 2.75) is 13.8 Å². The van der Waals surface area contributed by atoms with E-state index in [2.05, 4.69) is 9.89 Å². The summed E-state index contributed by atoms with van der Waals surface area (Å²) >= 11 is 0. The average Bonchev–Trinajstić information content (AvgIpc) is 2.74. The standard InChI is InChI=1S/C16H21N3O2/c1-6-19-15(20)14(21-16(19)17-3)10-12-7-8-13(18(4)5)11(2)9-12/h7-10H,6H2,1-5H3/b14-10+,17-16+. The number of ether oxygens (including phenoxy) is 1. The molecule has 112 valence electrons. The molecular weight excluding hydrogens is 266 g/mol. The molecule has 0 atom stereocenters. The van der Waals surface area contributed by atoms with Crippen LogP contribution in [0, 0.1) is 6.92 Å². The summed E-state index contributed by atoms with van der Waals surface area (Å²) in [6.45, 7) is 4.48. The first-order valence-corrected chi connectivity index (χ1v) is 6.94. The molecule has 0 bridgehead atoms. The van der Waals surface area contributed by atoms with Gasteiger partial charge in [0, 0.05) is 33.4 Å². The van der Waals surface area contributed by atoms with E-state index >= 15 is 0 Å². The van der Waals surface area contributed by atoms with Gasteiger partial charge in [0.2, 0.25) is 0 Å². The van der Waals surface area contributed by atoms with Crippen LogP contribution in [0.4, 0.5) is 5.69 Å². The lowest BCUT2D eigenvalue weighted by Crippen LogP contribution is -2.29. The number of nitrogens with zero attached hydrogens (tertiary/aromatic N) is 3. The number of amides is 1. The van der Waals surface area contributed by atoms with E-state index in [0.717, 1.165) is 16.8 Å². The van der Waals surface area contributed by atoms with Gasteiger partial charge in [0.05, 0.1) is 0 Å². The van der Waals surface area contributed by atoms with Gasteiger partial charge in [-0.2, -0.15) is 0 Å². The molecule has 0 aromatic heterocycles. The van der Waals surface area contributed by atoms with Gasteiger partial charge in [-0.1, -0.05) is 6.07 Å². The number of carbonyl (C=O) groups excluding carboxylic acids is 1. The van der Waals surface area contributed by atoms with E-state index in [0.29, 0.717) is 18.3 Å². The number of anilines is 1. The molecule has 0 spiro atoms. The van der Waals surface area contributed by atoms with E-state index < -0.39 is 0 Å². The average molecular weight is 287 g/mol. The molecule has 1 aliphatic rings. The summed E-state index contributed by atoms with van der Waals surface area (Å²) < 4.78 is 5.52. The van der Waals surface area contributed by atoms with Crippen LogP contribution in [0.5, 0.6) is 0 Å². The third kappa shape index (κ3) is 2.91. The minimum atomic E-state index is -0.146. The predicted octanol–water partition coefficient (Wildman–Crippen LogP) is 2.27. The lowest BCUT2D eigenvalue weighted by Gasteiger charge is -2.15. The van der Waals surface area contributed by atoms with E-state index in [4.69, 9.17) is 4.74 Å². The lowest BCUT2D eigenvalue weighted by atomic mass is 10.1. The predicted molar refractivity (Wildman–Crippen MR) is 85.3 cm³/mol. The first-order chi connectivity index (χ1) is 9.97. The molecule has 0 aliphatic carbocycles. The normalized spacial score (nSPS) is 18.5. The van der Waals surface area contributed by atoms with Crippen molar-refractivity contribution in [1.29, 1.82) is 0 Å². The summed E-state index contributed by atoms with van der Waals surface area (Å²) in [4.78, 5) is 19.8. The molecule has 2 rings (SSSR count). The Hall–Kier alpha value is -2.30. The van der Waals surface area contributed by atoms with Gasteiger partial charge in [0.1, 0.15) is 0 Å². The van der Waals surface area contributed by atoms with Crippen molar-refractivity contribution in [2.75, 3.05) is 32.6 Å². The molecule has 1 heterocycles. The van der Waals surface area contributed by atoms with E-state index in [1.165, 1.54) is 4.90 Å². The van der Waals surface area contributed by atoms with Gasteiger partial charge in [-0.25, -0.2) is 4.99 Å². The second-order valence-corrected chi connectivity index (χ2v) is 5.11. The Morgan fingerprint density at radius 2 is 2.10 bits per heavy atom. The van der Waals surface area contributed by atoms with Crippen molar-refractivity contribution in [3.05, 3.63) is 35.1 Å². The van der Waals surface area contributed by atoms with Crippen molar-refractivity contribution in [1.82, 2.24) is 4.90 Å². The highest BCUT2D eigenvalue weighted by molar-refractivity contribution is 6.11. The Kier molecular flexibility index (Phi) is 4.31. The summed E-state index contributed by atoms with van der Waals surface area (Å²) in [6.07, 6.45) is 1.76. The number of hydrogen-bond acceptors (Lipinski definition) is 4.